The summed E-state index contributed by atoms with van der Waals surface area (Å²) in [6, 6.07) is 8.17. The highest BCUT2D eigenvalue weighted by atomic mass is 32.2. The second kappa shape index (κ2) is 6.08. The zero-order valence-corrected chi connectivity index (χ0v) is 12.4. The first kappa shape index (κ1) is 13.9. The summed E-state index contributed by atoms with van der Waals surface area (Å²) in [5.41, 5.74) is 7.04. The van der Waals surface area contributed by atoms with Gasteiger partial charge in [-0.3, -0.25) is 4.79 Å². The number of thioether (sulfide) groups is 1. The van der Waals surface area contributed by atoms with Crippen LogP contribution in [0.25, 0.3) is 0 Å². The van der Waals surface area contributed by atoms with Crippen molar-refractivity contribution in [2.24, 2.45) is 0 Å². The first-order valence-corrected chi connectivity index (χ1v) is 7.80. The van der Waals surface area contributed by atoms with E-state index < -0.39 is 0 Å². The standard InChI is InChI=1S/C13H15N3OS2/c1-16(12(17)11-8-19-13(14)15-11)7-9-3-5-10(18-2)6-4-9/h3-6,8H,7H2,1-2H3,(H2,14,15). The predicted octanol–water partition coefficient (Wildman–Crippen LogP) is 2.72. The van der Waals surface area contributed by atoms with Crippen molar-refractivity contribution in [2.45, 2.75) is 11.4 Å². The van der Waals surface area contributed by atoms with Gasteiger partial charge < -0.3 is 10.6 Å². The molecule has 0 saturated carbocycles. The van der Waals surface area contributed by atoms with Gasteiger partial charge in [0.1, 0.15) is 5.69 Å². The van der Waals surface area contributed by atoms with Crippen LogP contribution in [0.2, 0.25) is 0 Å². The molecule has 19 heavy (non-hydrogen) atoms. The van der Waals surface area contributed by atoms with Gasteiger partial charge in [0, 0.05) is 23.9 Å². The monoisotopic (exact) mass is 293 g/mol. The molecule has 6 heteroatoms. The molecule has 1 aromatic carbocycles. The minimum Gasteiger partial charge on any atom is -0.375 e. The average molecular weight is 293 g/mol. The molecule has 0 radical (unpaired) electrons. The van der Waals surface area contributed by atoms with Crippen LogP contribution in [-0.2, 0) is 6.54 Å². The fraction of sp³-hybridized carbons (Fsp3) is 0.231. The molecule has 0 saturated heterocycles. The number of carbonyl (C=O) groups excluding carboxylic acids is 1. The number of nitrogen functional groups attached to an aromatic ring is 1. The molecule has 1 amide bonds. The third kappa shape index (κ3) is 3.48. The lowest BCUT2D eigenvalue weighted by molar-refractivity contribution is 0.0780. The van der Waals surface area contributed by atoms with Gasteiger partial charge in [-0.15, -0.1) is 23.1 Å². The van der Waals surface area contributed by atoms with Crippen LogP contribution in [0.1, 0.15) is 16.1 Å². The van der Waals surface area contributed by atoms with Gasteiger partial charge in [-0.05, 0) is 24.0 Å². The van der Waals surface area contributed by atoms with Crippen LogP contribution in [0.5, 0.6) is 0 Å². The normalized spacial score (nSPS) is 10.4. The van der Waals surface area contributed by atoms with E-state index in [-0.39, 0.29) is 5.91 Å². The Hall–Kier alpha value is -1.53. The highest BCUT2D eigenvalue weighted by molar-refractivity contribution is 7.98. The van der Waals surface area contributed by atoms with Gasteiger partial charge in [0.15, 0.2) is 5.13 Å². The topological polar surface area (TPSA) is 59.2 Å². The summed E-state index contributed by atoms with van der Waals surface area (Å²) in [7, 11) is 1.76. The molecule has 2 rings (SSSR count). The second-order valence-electron chi connectivity index (χ2n) is 4.08. The molecule has 4 nitrogen and oxygen atoms in total. The van der Waals surface area contributed by atoms with Gasteiger partial charge in [-0.2, -0.15) is 0 Å². The Morgan fingerprint density at radius 2 is 2.11 bits per heavy atom. The lowest BCUT2D eigenvalue weighted by Crippen LogP contribution is -2.26. The van der Waals surface area contributed by atoms with Crippen molar-refractivity contribution in [2.75, 3.05) is 19.0 Å². The molecule has 0 unspecified atom stereocenters. The molecule has 0 spiro atoms. The first-order valence-electron chi connectivity index (χ1n) is 5.69. The van der Waals surface area contributed by atoms with E-state index in [1.165, 1.54) is 16.2 Å². The third-order valence-electron chi connectivity index (χ3n) is 2.67. The summed E-state index contributed by atoms with van der Waals surface area (Å²) in [5.74, 6) is -0.109. The summed E-state index contributed by atoms with van der Waals surface area (Å²) >= 11 is 2.98. The zero-order valence-electron chi connectivity index (χ0n) is 10.8. The molecule has 0 aliphatic carbocycles. The van der Waals surface area contributed by atoms with Crippen LogP contribution in [0.3, 0.4) is 0 Å². The van der Waals surface area contributed by atoms with E-state index in [4.69, 9.17) is 5.73 Å². The minimum atomic E-state index is -0.109. The van der Waals surface area contributed by atoms with Crippen molar-refractivity contribution in [3.05, 3.63) is 40.9 Å². The summed E-state index contributed by atoms with van der Waals surface area (Å²) in [6.07, 6.45) is 2.04. The smallest absolute Gasteiger partial charge is 0.273 e. The van der Waals surface area contributed by atoms with E-state index in [1.807, 2.05) is 18.4 Å². The Morgan fingerprint density at radius 3 is 2.63 bits per heavy atom. The number of amides is 1. The molecule has 100 valence electrons. The van der Waals surface area contributed by atoms with Crippen LogP contribution in [-0.4, -0.2) is 29.1 Å². The minimum absolute atomic E-state index is 0.109. The highest BCUT2D eigenvalue weighted by Gasteiger charge is 2.14. The fourth-order valence-corrected chi connectivity index (χ4v) is 2.60. The van der Waals surface area contributed by atoms with E-state index in [9.17, 15) is 4.79 Å². The molecule has 1 aromatic heterocycles. The lowest BCUT2D eigenvalue weighted by Gasteiger charge is -2.16. The van der Waals surface area contributed by atoms with Crippen molar-refractivity contribution in [1.29, 1.82) is 0 Å². The fourth-order valence-electron chi connectivity index (χ4n) is 1.66. The Kier molecular flexibility index (Phi) is 4.44. The molecule has 1 heterocycles. The molecule has 0 aliphatic rings. The summed E-state index contributed by atoms with van der Waals surface area (Å²) in [4.78, 5) is 19.0. The number of anilines is 1. The number of nitrogens with two attached hydrogens (primary N) is 1. The van der Waals surface area contributed by atoms with E-state index in [1.54, 1.807) is 29.1 Å². The Morgan fingerprint density at radius 1 is 1.42 bits per heavy atom. The van der Waals surface area contributed by atoms with Crippen LogP contribution in [0.15, 0.2) is 34.5 Å². The van der Waals surface area contributed by atoms with Crippen molar-refractivity contribution < 1.29 is 4.79 Å². The Bertz CT molecular complexity index is 566. The SMILES string of the molecule is CSc1ccc(CN(C)C(=O)c2csc(N)n2)cc1. The number of rotatable bonds is 4. The van der Waals surface area contributed by atoms with Crippen LogP contribution in [0, 0.1) is 0 Å². The summed E-state index contributed by atoms with van der Waals surface area (Å²) in [5, 5.41) is 2.10. The number of thiazole rings is 1. The van der Waals surface area contributed by atoms with Crippen molar-refractivity contribution in [3.63, 3.8) is 0 Å². The quantitative estimate of drug-likeness (QED) is 0.881. The number of carbonyl (C=O) groups is 1. The van der Waals surface area contributed by atoms with Gasteiger partial charge >= 0.3 is 0 Å². The van der Waals surface area contributed by atoms with Gasteiger partial charge in [-0.25, -0.2) is 4.98 Å². The van der Waals surface area contributed by atoms with Crippen molar-refractivity contribution >= 4 is 34.1 Å². The summed E-state index contributed by atoms with van der Waals surface area (Å²) < 4.78 is 0. The number of benzene rings is 1. The highest BCUT2D eigenvalue weighted by Crippen LogP contribution is 2.17. The van der Waals surface area contributed by atoms with E-state index in [0.717, 1.165) is 5.56 Å². The number of nitrogens with zero attached hydrogens (tertiary/aromatic N) is 2. The van der Waals surface area contributed by atoms with Crippen molar-refractivity contribution in [3.8, 4) is 0 Å². The molecule has 2 N–H and O–H groups in total. The van der Waals surface area contributed by atoms with Crippen LogP contribution < -0.4 is 5.73 Å². The van der Waals surface area contributed by atoms with Gasteiger partial charge in [0.25, 0.3) is 5.91 Å². The number of hydrogen-bond acceptors (Lipinski definition) is 5. The summed E-state index contributed by atoms with van der Waals surface area (Å²) in [6.45, 7) is 0.560. The van der Waals surface area contributed by atoms with E-state index >= 15 is 0 Å². The number of hydrogen-bond donors (Lipinski definition) is 1. The largest absolute Gasteiger partial charge is 0.375 e. The van der Waals surface area contributed by atoms with Gasteiger partial charge in [0.05, 0.1) is 0 Å². The lowest BCUT2D eigenvalue weighted by atomic mass is 10.2. The average Bonchev–Trinajstić information content (AvgIpc) is 2.85. The second-order valence-corrected chi connectivity index (χ2v) is 5.85. The molecule has 0 fully saturated rings. The van der Waals surface area contributed by atoms with Gasteiger partial charge in [0.2, 0.25) is 0 Å². The Balaban J connectivity index is 2.03. The van der Waals surface area contributed by atoms with Crippen LogP contribution >= 0.6 is 23.1 Å². The maximum atomic E-state index is 12.1. The number of aromatic nitrogens is 1. The van der Waals surface area contributed by atoms with E-state index in [0.29, 0.717) is 17.4 Å². The predicted molar refractivity (Wildman–Crippen MR) is 80.5 cm³/mol. The van der Waals surface area contributed by atoms with Crippen LogP contribution in [0.4, 0.5) is 5.13 Å². The Labute approximate surface area is 120 Å². The maximum absolute atomic E-state index is 12.1. The molecule has 0 bridgehead atoms. The molecular formula is C13H15N3OS2. The zero-order chi connectivity index (χ0) is 13.8. The molecule has 2 aromatic rings. The maximum Gasteiger partial charge on any atom is 0.273 e. The molecule has 0 aliphatic heterocycles. The molecule has 0 atom stereocenters. The van der Waals surface area contributed by atoms with Gasteiger partial charge in [-0.1, -0.05) is 12.1 Å². The first-order chi connectivity index (χ1) is 9.10. The third-order valence-corrected chi connectivity index (χ3v) is 4.08. The molecular weight excluding hydrogens is 278 g/mol. The van der Waals surface area contributed by atoms with E-state index in [2.05, 4.69) is 17.1 Å². The van der Waals surface area contributed by atoms with Crippen molar-refractivity contribution in [1.82, 2.24) is 9.88 Å².